The molecule has 10 aromatic heterocycles. The minimum absolute atomic E-state index is 0.139. The van der Waals surface area contributed by atoms with Crippen LogP contribution in [-0.2, 0) is 39.3 Å². The molecule has 20 heteroatoms. The number of pyridine rings is 4. The van der Waals surface area contributed by atoms with Crippen LogP contribution in [0, 0.1) is 44.3 Å². The largest absolute Gasteiger partial charge is 0.330 e. The standard InChI is InChI=1S/C22H20F2N4.2C20H19FN6/c1-3-28-20(26-15(2)21(28)16-7-5-4-6-8-16)14-27-12-11-25-22(27)18-13-17(23)9-10-19(18)24;1-3-27-14(2)19(15-7-4-5-10-22-15)25-18(27)13-26-12-11-23-20(26)16-8-6-9-17(21)24-16;1-3-27-18(24-14(2)19(27)15-7-4-5-10-22-15)13-26-12-11-23-20(26)16-8-6-9-17(21)25-16/h4-13H,3,14H2,1-2H3;2*4-12H,3,13H2,1-2H3. The lowest BCUT2D eigenvalue weighted by Gasteiger charge is -2.12. The van der Waals surface area contributed by atoms with Crippen molar-refractivity contribution in [3.8, 4) is 68.5 Å². The van der Waals surface area contributed by atoms with Crippen LogP contribution < -0.4 is 0 Å². The Morgan fingerprint density at radius 3 is 1.40 bits per heavy atom. The van der Waals surface area contributed by atoms with Gasteiger partial charge in [0, 0.05) is 80.5 Å². The molecule has 82 heavy (non-hydrogen) atoms. The highest BCUT2D eigenvalue weighted by Crippen LogP contribution is 2.30. The molecule has 0 amide bonds. The van der Waals surface area contributed by atoms with Crippen molar-refractivity contribution >= 4 is 0 Å². The topological polar surface area (TPSA) is 158 Å². The summed E-state index contributed by atoms with van der Waals surface area (Å²) in [5.74, 6) is 2.18. The van der Waals surface area contributed by atoms with Gasteiger partial charge >= 0.3 is 0 Å². The highest BCUT2D eigenvalue weighted by molar-refractivity contribution is 5.64. The number of aryl methyl sites for hydroxylation is 2. The van der Waals surface area contributed by atoms with E-state index < -0.39 is 23.5 Å². The first-order chi connectivity index (χ1) is 39.9. The maximum atomic E-state index is 14.2. The third-order valence-electron chi connectivity index (χ3n) is 13.7. The van der Waals surface area contributed by atoms with Crippen LogP contribution in [0.5, 0.6) is 0 Å². The molecule has 0 spiro atoms. The normalized spacial score (nSPS) is 11.1. The average molecular weight is 1100 g/mol. The molecule has 0 bridgehead atoms. The molecule has 0 unspecified atom stereocenters. The predicted molar refractivity (Wildman–Crippen MR) is 306 cm³/mol. The smallest absolute Gasteiger partial charge is 0.213 e. The fourth-order valence-corrected chi connectivity index (χ4v) is 10.1. The summed E-state index contributed by atoms with van der Waals surface area (Å²) in [5, 5.41) is 0. The van der Waals surface area contributed by atoms with Crippen LogP contribution in [-0.4, -0.2) is 77.2 Å². The van der Waals surface area contributed by atoms with Crippen molar-refractivity contribution in [1.82, 2.24) is 77.2 Å². The number of hydrogen-bond acceptors (Lipinski definition) is 10. The molecule has 0 aliphatic rings. The molecule has 0 saturated carbocycles. The van der Waals surface area contributed by atoms with Crippen molar-refractivity contribution < 1.29 is 17.6 Å². The van der Waals surface area contributed by atoms with E-state index in [1.54, 1.807) is 66.0 Å². The van der Waals surface area contributed by atoms with Crippen LogP contribution in [0.25, 0.3) is 68.5 Å². The van der Waals surface area contributed by atoms with Crippen molar-refractivity contribution in [2.75, 3.05) is 0 Å². The molecule has 0 aliphatic carbocycles. The van der Waals surface area contributed by atoms with Gasteiger partial charge in [0.2, 0.25) is 11.9 Å². The molecule has 16 nitrogen and oxygen atoms in total. The van der Waals surface area contributed by atoms with Crippen LogP contribution in [0.3, 0.4) is 0 Å². The maximum absolute atomic E-state index is 14.2. The molecule has 0 fully saturated rings. The second kappa shape index (κ2) is 25.0. The first kappa shape index (κ1) is 55.3. The Labute approximate surface area is 471 Å². The molecule has 0 radical (unpaired) electrons. The highest BCUT2D eigenvalue weighted by Gasteiger charge is 2.22. The third kappa shape index (κ3) is 12.0. The number of rotatable bonds is 15. The van der Waals surface area contributed by atoms with E-state index in [1.807, 2.05) is 96.9 Å². The van der Waals surface area contributed by atoms with E-state index in [9.17, 15) is 17.6 Å². The summed E-state index contributed by atoms with van der Waals surface area (Å²) in [7, 11) is 0. The van der Waals surface area contributed by atoms with E-state index in [-0.39, 0.29) is 5.56 Å². The summed E-state index contributed by atoms with van der Waals surface area (Å²) >= 11 is 0. The molecular weight excluding hydrogens is 1040 g/mol. The van der Waals surface area contributed by atoms with Crippen LogP contribution in [0.2, 0.25) is 0 Å². The summed E-state index contributed by atoms with van der Waals surface area (Å²) in [6, 6.07) is 34.6. The van der Waals surface area contributed by atoms with Crippen LogP contribution in [0.4, 0.5) is 17.6 Å². The Morgan fingerprint density at radius 2 is 0.878 bits per heavy atom. The van der Waals surface area contributed by atoms with Gasteiger partial charge in [-0.1, -0.05) is 54.6 Å². The summed E-state index contributed by atoms with van der Waals surface area (Å²) in [6.45, 7) is 16.0. The fourth-order valence-electron chi connectivity index (χ4n) is 10.1. The van der Waals surface area contributed by atoms with Gasteiger partial charge < -0.3 is 27.4 Å². The molecule has 12 rings (SSSR count). The fraction of sp³-hybridized carbons (Fsp3) is 0.194. The summed E-state index contributed by atoms with van der Waals surface area (Å²) in [6.07, 6.45) is 14.0. The number of hydrogen-bond donors (Lipinski definition) is 0. The number of halogens is 4. The minimum atomic E-state index is -0.523. The first-order valence-electron chi connectivity index (χ1n) is 26.7. The SMILES string of the molecule is CCn1c(Cn2ccnc2-c2cc(F)ccc2F)nc(C)c1-c1ccccc1.CCn1c(Cn2ccnc2-c2cccc(F)n2)nc(-c2ccccn2)c1C.CCn1c(Cn2ccnc2-c2cccc(F)n2)nc(C)c1-c1ccccn1. The third-order valence-corrected chi connectivity index (χ3v) is 13.7. The van der Waals surface area contributed by atoms with Crippen LogP contribution in [0.1, 0.15) is 55.3 Å². The zero-order valence-corrected chi connectivity index (χ0v) is 46.1. The Morgan fingerprint density at radius 1 is 0.402 bits per heavy atom. The van der Waals surface area contributed by atoms with Crippen molar-refractivity contribution in [1.29, 1.82) is 0 Å². The van der Waals surface area contributed by atoms with Gasteiger partial charge in [0.1, 0.15) is 52.0 Å². The van der Waals surface area contributed by atoms with E-state index >= 15 is 0 Å². The molecule has 0 N–H and O–H groups in total. The zero-order chi connectivity index (χ0) is 57.3. The Hall–Kier alpha value is -9.98. The number of aromatic nitrogens is 16. The second-order valence-corrected chi connectivity index (χ2v) is 18.9. The van der Waals surface area contributed by atoms with Gasteiger partial charge in [-0.15, -0.1) is 0 Å². The molecule has 0 saturated heterocycles. The van der Waals surface area contributed by atoms with E-state index in [4.69, 9.17) is 15.0 Å². The van der Waals surface area contributed by atoms with Gasteiger partial charge in [-0.2, -0.15) is 8.78 Å². The molecule has 10 heterocycles. The van der Waals surface area contributed by atoms with E-state index in [0.29, 0.717) is 48.5 Å². The van der Waals surface area contributed by atoms with E-state index in [1.165, 1.54) is 18.2 Å². The molecule has 0 atom stereocenters. The average Bonchev–Trinajstić information content (AvgIpc) is 4.43. The lowest BCUT2D eigenvalue weighted by molar-refractivity contribution is 0.583. The molecule has 0 aliphatic heterocycles. The Kier molecular flexibility index (Phi) is 16.9. The molecule has 414 valence electrons. The van der Waals surface area contributed by atoms with Gasteiger partial charge in [0.05, 0.1) is 59.4 Å². The van der Waals surface area contributed by atoms with Crippen molar-refractivity contribution in [3.63, 3.8) is 0 Å². The van der Waals surface area contributed by atoms with Crippen molar-refractivity contribution in [3.05, 3.63) is 229 Å². The monoisotopic (exact) mass is 1100 g/mol. The zero-order valence-electron chi connectivity index (χ0n) is 46.1. The number of benzene rings is 2. The lowest BCUT2D eigenvalue weighted by Crippen LogP contribution is -2.10. The first-order valence-corrected chi connectivity index (χ1v) is 26.7. The Bertz CT molecular complexity index is 4000. The summed E-state index contributed by atoms with van der Waals surface area (Å²) in [4.78, 5) is 44.1. The van der Waals surface area contributed by atoms with Crippen LogP contribution >= 0.6 is 0 Å². The number of nitrogens with zero attached hydrogens (tertiary/aromatic N) is 16. The van der Waals surface area contributed by atoms with Gasteiger partial charge in [-0.3, -0.25) is 9.97 Å². The van der Waals surface area contributed by atoms with E-state index in [2.05, 4.69) is 81.5 Å². The van der Waals surface area contributed by atoms with Gasteiger partial charge in [0.25, 0.3) is 0 Å². The second-order valence-electron chi connectivity index (χ2n) is 18.9. The summed E-state index contributed by atoms with van der Waals surface area (Å²) in [5.41, 5.74) is 9.85. The van der Waals surface area contributed by atoms with Gasteiger partial charge in [0.15, 0.2) is 11.6 Å². The predicted octanol–water partition coefficient (Wildman–Crippen LogP) is 12.5. The maximum Gasteiger partial charge on any atom is 0.213 e. The van der Waals surface area contributed by atoms with Gasteiger partial charge in [-0.05, 0) is 108 Å². The van der Waals surface area contributed by atoms with Gasteiger partial charge in [-0.25, -0.2) is 48.7 Å². The van der Waals surface area contributed by atoms with Crippen LogP contribution in [0.15, 0.2) is 171 Å². The number of imidazole rings is 6. The van der Waals surface area contributed by atoms with Crippen molar-refractivity contribution in [2.45, 2.75) is 80.8 Å². The lowest BCUT2D eigenvalue weighted by atomic mass is 10.1. The quantitative estimate of drug-likeness (QED) is 0.0714. The summed E-state index contributed by atoms with van der Waals surface area (Å²) < 4.78 is 67.0. The highest BCUT2D eigenvalue weighted by atomic mass is 19.1. The molecular formula is C62H58F4N16. The van der Waals surface area contributed by atoms with E-state index in [0.717, 1.165) is 100 Å². The Balaban J connectivity index is 0.000000138. The minimum Gasteiger partial charge on any atom is -0.330 e. The van der Waals surface area contributed by atoms with Crippen molar-refractivity contribution in [2.24, 2.45) is 0 Å². The molecule has 12 aromatic rings. The molecule has 2 aromatic carbocycles.